The molecule has 12 heteroatoms. The minimum absolute atomic E-state index is 0.00933. The first-order valence-corrected chi connectivity index (χ1v) is 15.6. The number of nitrogens with one attached hydrogen (secondary N) is 2. The molecule has 47 heavy (non-hydrogen) atoms. The van der Waals surface area contributed by atoms with Crippen LogP contribution >= 0.6 is 0 Å². The number of aliphatic hydroxyl groups excluding tert-OH is 1. The maximum atomic E-state index is 13.4. The molecule has 3 heterocycles. The SMILES string of the molecule is CC(=O)OC1CCC=COc2oc3c(C)c(O)c4c(O)c(c5c(CN)c[nH]c5c4c3c2O)NC(=O)/C(C)=C\C=CC(C)CCC(O)C1. The first kappa shape index (κ1) is 33.4. The number of aryl methyl sites for hydroxylation is 1. The molecule has 1 amide bonds. The molecule has 0 radical (unpaired) electrons. The van der Waals surface area contributed by atoms with E-state index in [1.165, 1.54) is 13.2 Å². The Labute approximate surface area is 271 Å². The minimum atomic E-state index is -0.685. The van der Waals surface area contributed by atoms with E-state index in [1.54, 1.807) is 38.3 Å². The van der Waals surface area contributed by atoms with Crippen LogP contribution in [0.3, 0.4) is 0 Å². The lowest BCUT2D eigenvalue weighted by molar-refractivity contribution is -0.148. The summed E-state index contributed by atoms with van der Waals surface area (Å²) in [6.07, 6.45) is 11.1. The van der Waals surface area contributed by atoms with Crippen molar-refractivity contribution in [3.8, 4) is 23.2 Å². The summed E-state index contributed by atoms with van der Waals surface area (Å²) in [7, 11) is 0. The number of hydrogen-bond donors (Lipinski definition) is 7. The van der Waals surface area contributed by atoms with Crippen LogP contribution in [0.25, 0.3) is 32.6 Å². The number of rotatable bonds is 2. The van der Waals surface area contributed by atoms with Gasteiger partial charge in [-0.1, -0.05) is 25.2 Å². The maximum absolute atomic E-state index is 13.4. The van der Waals surface area contributed by atoms with Crippen molar-refractivity contribution < 1.29 is 43.9 Å². The second-order valence-electron chi connectivity index (χ2n) is 12.1. The van der Waals surface area contributed by atoms with Crippen molar-refractivity contribution in [1.29, 1.82) is 0 Å². The number of fused-ring (bicyclic) bond motifs is 1. The van der Waals surface area contributed by atoms with Crippen LogP contribution in [0.1, 0.15) is 64.0 Å². The average molecular weight is 648 g/mol. The number of aromatic hydroxyl groups is 3. The number of esters is 1. The number of aromatic nitrogens is 1. The van der Waals surface area contributed by atoms with Crippen molar-refractivity contribution >= 4 is 50.2 Å². The topological polar surface area (TPSA) is 200 Å². The van der Waals surface area contributed by atoms with Crippen LogP contribution in [0.4, 0.5) is 5.69 Å². The van der Waals surface area contributed by atoms with E-state index in [9.17, 15) is 30.0 Å². The smallest absolute Gasteiger partial charge is 0.334 e. The number of allylic oxidation sites excluding steroid dienone is 4. The number of phenols is 2. The number of phenolic OH excluding ortho intramolecular Hbond substituents is 2. The number of nitrogens with two attached hydrogens (primary N) is 1. The van der Waals surface area contributed by atoms with Crippen LogP contribution in [0, 0.1) is 12.8 Å². The van der Waals surface area contributed by atoms with Crippen LogP contribution in [0.5, 0.6) is 23.2 Å². The van der Waals surface area contributed by atoms with Gasteiger partial charge in [-0.25, -0.2) is 0 Å². The number of aliphatic hydroxyl groups is 1. The van der Waals surface area contributed by atoms with Gasteiger partial charge in [-0.05, 0) is 57.1 Å². The predicted molar refractivity (Wildman–Crippen MR) is 178 cm³/mol. The highest BCUT2D eigenvalue weighted by Crippen LogP contribution is 2.54. The number of carbonyl (C=O) groups is 2. The third-order valence-corrected chi connectivity index (χ3v) is 8.57. The van der Waals surface area contributed by atoms with Crippen LogP contribution in [-0.4, -0.2) is 49.5 Å². The summed E-state index contributed by atoms with van der Waals surface area (Å²) in [4.78, 5) is 28.2. The Kier molecular flexibility index (Phi) is 9.83. The highest BCUT2D eigenvalue weighted by molar-refractivity contribution is 6.29. The van der Waals surface area contributed by atoms with Gasteiger partial charge in [0.1, 0.15) is 17.4 Å². The maximum Gasteiger partial charge on any atom is 0.334 e. The van der Waals surface area contributed by atoms with Crippen molar-refractivity contribution in [2.24, 2.45) is 11.7 Å². The van der Waals surface area contributed by atoms with Gasteiger partial charge in [-0.3, -0.25) is 9.59 Å². The summed E-state index contributed by atoms with van der Waals surface area (Å²) >= 11 is 0. The molecule has 4 bridgehead atoms. The third kappa shape index (κ3) is 6.65. The fourth-order valence-electron chi connectivity index (χ4n) is 6.04. The summed E-state index contributed by atoms with van der Waals surface area (Å²) < 4.78 is 17.0. The summed E-state index contributed by atoms with van der Waals surface area (Å²) in [6.45, 7) is 6.59. The number of H-pyrrole nitrogens is 1. The number of aromatic amines is 1. The number of ether oxygens (including phenoxy) is 2. The molecule has 3 atom stereocenters. The molecule has 0 saturated heterocycles. The van der Waals surface area contributed by atoms with Crippen LogP contribution in [0.15, 0.2) is 46.8 Å². The van der Waals surface area contributed by atoms with Crippen molar-refractivity contribution in [1.82, 2.24) is 4.98 Å². The number of amides is 1. The van der Waals surface area contributed by atoms with Gasteiger partial charge >= 0.3 is 11.9 Å². The van der Waals surface area contributed by atoms with E-state index in [0.717, 1.165) is 0 Å². The lowest BCUT2D eigenvalue weighted by atomic mass is 9.95. The highest BCUT2D eigenvalue weighted by atomic mass is 16.6. The molecule has 8 N–H and O–H groups in total. The molecule has 2 aromatic carbocycles. The van der Waals surface area contributed by atoms with Gasteiger partial charge in [-0.2, -0.15) is 0 Å². The number of carbonyl (C=O) groups excluding carboxylic acids is 2. The zero-order valence-electron chi connectivity index (χ0n) is 26.8. The predicted octanol–water partition coefficient (Wildman–Crippen LogP) is 6.18. The summed E-state index contributed by atoms with van der Waals surface area (Å²) in [5.74, 6) is -2.17. The third-order valence-electron chi connectivity index (χ3n) is 8.57. The van der Waals surface area contributed by atoms with Crippen LogP contribution < -0.4 is 15.8 Å². The number of furan rings is 1. The monoisotopic (exact) mass is 647 g/mol. The Balaban J connectivity index is 1.67. The molecule has 2 aromatic heterocycles. The van der Waals surface area contributed by atoms with Crippen molar-refractivity contribution in [3.63, 3.8) is 0 Å². The molecule has 1 aliphatic heterocycles. The summed E-state index contributed by atoms with van der Waals surface area (Å²) in [5.41, 5.74) is 7.78. The molecule has 0 fully saturated rings. The zero-order valence-corrected chi connectivity index (χ0v) is 26.8. The van der Waals surface area contributed by atoms with E-state index in [2.05, 4.69) is 10.3 Å². The Morgan fingerprint density at radius 2 is 1.83 bits per heavy atom. The zero-order chi connectivity index (χ0) is 34.0. The van der Waals surface area contributed by atoms with E-state index in [4.69, 9.17) is 19.6 Å². The fraction of sp³-hybridized carbons (Fsp3) is 0.371. The van der Waals surface area contributed by atoms with Gasteiger partial charge in [0, 0.05) is 48.0 Å². The summed E-state index contributed by atoms with van der Waals surface area (Å²) in [5, 5.41) is 48.6. The molecule has 3 unspecified atom stereocenters. The molecule has 0 aliphatic carbocycles. The van der Waals surface area contributed by atoms with E-state index in [1.807, 2.05) is 13.0 Å². The van der Waals surface area contributed by atoms with Gasteiger partial charge in [0.15, 0.2) is 5.75 Å². The normalized spacial score (nSPS) is 21.4. The quantitative estimate of drug-likeness (QED) is 0.0973. The van der Waals surface area contributed by atoms with Crippen LogP contribution in [0.2, 0.25) is 0 Å². The van der Waals surface area contributed by atoms with Gasteiger partial charge in [0.05, 0.1) is 34.3 Å². The number of benzene rings is 2. The van der Waals surface area contributed by atoms with Crippen molar-refractivity contribution in [3.05, 3.63) is 53.5 Å². The van der Waals surface area contributed by atoms with Crippen LogP contribution in [-0.2, 0) is 20.9 Å². The molecule has 4 aromatic rings. The van der Waals surface area contributed by atoms with Gasteiger partial charge < -0.3 is 50.4 Å². The first-order valence-electron chi connectivity index (χ1n) is 15.6. The Morgan fingerprint density at radius 1 is 1.06 bits per heavy atom. The molecule has 0 spiro atoms. The van der Waals surface area contributed by atoms with Crippen molar-refractivity contribution in [2.75, 3.05) is 5.32 Å². The van der Waals surface area contributed by atoms with E-state index >= 15 is 0 Å². The molecule has 1 aliphatic rings. The largest absolute Gasteiger partial charge is 0.507 e. The highest BCUT2D eigenvalue weighted by Gasteiger charge is 2.29. The standard InChI is InChI=1S/C35H41N3O9/c1-17-8-7-9-18(2)34(44)38-29-24-21(15-36)16-37-28(24)25-26(31(29)42)30(41)19(3)33-27(25)32(43)35(47-33)45-13-6-5-10-23(46-20(4)39)14-22(40)12-11-17/h6-9,13,16-17,22-23,37,40-43H,5,10-12,14-15,36H2,1-4H3,(H,38,44)/b8-7?,13-6?,18-9-. The minimum Gasteiger partial charge on any atom is -0.507 e. The Hall–Kier alpha value is -4.94. The first-order chi connectivity index (χ1) is 22.4. The molecule has 12 nitrogen and oxygen atoms in total. The molecular weight excluding hydrogens is 606 g/mol. The lowest BCUT2D eigenvalue weighted by Gasteiger charge is -2.20. The van der Waals surface area contributed by atoms with E-state index in [-0.39, 0.29) is 69.3 Å². The molecule has 250 valence electrons. The Bertz CT molecular complexity index is 1930. The van der Waals surface area contributed by atoms with Gasteiger partial charge in [0.2, 0.25) is 5.75 Å². The number of hydrogen-bond acceptors (Lipinski definition) is 10. The second-order valence-corrected chi connectivity index (χ2v) is 12.1. The van der Waals surface area contributed by atoms with Crippen molar-refractivity contribution in [2.45, 2.75) is 78.6 Å². The molecule has 5 rings (SSSR count). The van der Waals surface area contributed by atoms with E-state index < -0.39 is 29.8 Å². The molecular formula is C35H41N3O9. The number of anilines is 1. The lowest BCUT2D eigenvalue weighted by Crippen LogP contribution is -2.23. The van der Waals surface area contributed by atoms with Gasteiger partial charge in [-0.15, -0.1) is 0 Å². The Morgan fingerprint density at radius 3 is 2.55 bits per heavy atom. The second kappa shape index (κ2) is 13.8. The van der Waals surface area contributed by atoms with Gasteiger partial charge in [0.25, 0.3) is 5.91 Å². The summed E-state index contributed by atoms with van der Waals surface area (Å²) in [6, 6.07) is 0. The van der Waals surface area contributed by atoms with E-state index in [0.29, 0.717) is 47.7 Å². The average Bonchev–Trinajstić information content (AvgIpc) is 3.60. The molecule has 0 saturated carbocycles. The fourth-order valence-corrected chi connectivity index (χ4v) is 6.04.